The van der Waals surface area contributed by atoms with Crippen LogP contribution in [0.5, 0.6) is 5.75 Å². The minimum Gasteiger partial charge on any atom is -0.494 e. The van der Waals surface area contributed by atoms with Crippen molar-refractivity contribution in [1.29, 1.82) is 0 Å². The quantitative estimate of drug-likeness (QED) is 0.0792. The number of rotatable bonds is 12. The molecule has 5 rings (SSSR count). The number of nitrogens with zero attached hydrogens (tertiary/aromatic N) is 4. The molecule has 9 nitrogen and oxygen atoms in total. The fraction of sp³-hybridized carbons (Fsp3) is 0.257. The summed E-state index contributed by atoms with van der Waals surface area (Å²) in [7, 11) is 0. The Hall–Kier alpha value is -5.11. The Morgan fingerprint density at radius 1 is 0.977 bits per heavy atom. The minimum atomic E-state index is -1.41. The van der Waals surface area contributed by atoms with E-state index in [0.717, 1.165) is 16.7 Å². The fourth-order valence-electron chi connectivity index (χ4n) is 5.25. The van der Waals surface area contributed by atoms with Crippen LogP contribution in [0.15, 0.2) is 113 Å². The maximum absolute atomic E-state index is 14.3. The summed E-state index contributed by atoms with van der Waals surface area (Å²) in [6.07, 6.45) is -0.106. The van der Waals surface area contributed by atoms with E-state index in [4.69, 9.17) is 19.6 Å². The molecule has 0 saturated heterocycles. The van der Waals surface area contributed by atoms with Gasteiger partial charge in [0.05, 0.1) is 6.61 Å². The van der Waals surface area contributed by atoms with Crippen LogP contribution in [-0.4, -0.2) is 41.7 Å². The van der Waals surface area contributed by atoms with E-state index < -0.39 is 11.6 Å². The fourth-order valence-corrected chi connectivity index (χ4v) is 5.25. The third-order valence-electron chi connectivity index (χ3n) is 7.37. The van der Waals surface area contributed by atoms with E-state index in [1.54, 1.807) is 12.1 Å². The van der Waals surface area contributed by atoms with Crippen molar-refractivity contribution in [2.24, 2.45) is 10.1 Å². The Balaban J connectivity index is 1.60. The van der Waals surface area contributed by atoms with Crippen LogP contribution in [0.3, 0.4) is 0 Å². The van der Waals surface area contributed by atoms with Crippen LogP contribution in [-0.2, 0) is 16.0 Å². The van der Waals surface area contributed by atoms with Crippen molar-refractivity contribution in [3.63, 3.8) is 0 Å². The van der Waals surface area contributed by atoms with Crippen LogP contribution in [0.25, 0.3) is 21.6 Å². The van der Waals surface area contributed by atoms with Crippen molar-refractivity contribution in [2.75, 3.05) is 13.2 Å². The average Bonchev–Trinajstić information content (AvgIpc) is 3.43. The van der Waals surface area contributed by atoms with Crippen LogP contribution in [0.4, 0.5) is 5.69 Å². The SMILES string of the molecule is CC(C)NC(=O)[C@]1(Cc2ccccc2N=[N+]=[N-])N=C(c2ccc(OCCCO)cc2)O[C@@H]1c1ccc(-c2ccccc2)cc1. The summed E-state index contributed by atoms with van der Waals surface area (Å²) >= 11 is 0. The predicted octanol–water partition coefficient (Wildman–Crippen LogP) is 7.08. The third-order valence-corrected chi connectivity index (χ3v) is 7.37. The summed E-state index contributed by atoms with van der Waals surface area (Å²) in [6, 6.07) is 32.4. The van der Waals surface area contributed by atoms with Crippen LogP contribution >= 0.6 is 0 Å². The first-order chi connectivity index (χ1) is 21.4. The normalized spacial score (nSPS) is 17.4. The van der Waals surface area contributed by atoms with Crippen LogP contribution in [0, 0.1) is 0 Å². The van der Waals surface area contributed by atoms with Crippen LogP contribution < -0.4 is 10.1 Å². The zero-order valence-corrected chi connectivity index (χ0v) is 24.8. The number of carbonyl (C=O) groups is 1. The molecule has 1 aliphatic heterocycles. The first kappa shape index (κ1) is 30.4. The number of amides is 1. The van der Waals surface area contributed by atoms with Crippen molar-refractivity contribution >= 4 is 17.5 Å². The maximum atomic E-state index is 14.3. The highest BCUT2D eigenvalue weighted by atomic mass is 16.5. The lowest BCUT2D eigenvalue weighted by Crippen LogP contribution is -2.51. The molecule has 0 fully saturated rings. The summed E-state index contributed by atoms with van der Waals surface area (Å²) < 4.78 is 12.3. The molecule has 0 aliphatic carbocycles. The second-order valence-electron chi connectivity index (χ2n) is 10.9. The number of aliphatic hydroxyl groups excluding tert-OH is 1. The van der Waals surface area contributed by atoms with E-state index in [1.165, 1.54) is 0 Å². The number of aliphatic hydroxyl groups is 1. The van der Waals surface area contributed by atoms with Gasteiger partial charge >= 0.3 is 0 Å². The van der Waals surface area contributed by atoms with E-state index in [1.807, 2.05) is 105 Å². The Labute approximate surface area is 256 Å². The number of ether oxygens (including phenoxy) is 2. The Bertz CT molecular complexity index is 1650. The average molecular weight is 590 g/mol. The van der Waals surface area contributed by atoms with Gasteiger partial charge in [0, 0.05) is 41.7 Å². The zero-order chi connectivity index (χ0) is 30.9. The van der Waals surface area contributed by atoms with Crippen molar-refractivity contribution < 1.29 is 19.4 Å². The number of carbonyl (C=O) groups excluding carboxylic acids is 1. The van der Waals surface area contributed by atoms with Crippen LogP contribution in [0.1, 0.15) is 43.1 Å². The molecule has 1 aliphatic rings. The summed E-state index contributed by atoms with van der Waals surface area (Å²) in [5.41, 5.74) is 12.5. The summed E-state index contributed by atoms with van der Waals surface area (Å²) in [4.78, 5) is 22.3. The van der Waals surface area contributed by atoms with Gasteiger partial charge in [-0.1, -0.05) is 84.0 Å². The lowest BCUT2D eigenvalue weighted by molar-refractivity contribution is -0.129. The number of hydrogen-bond acceptors (Lipinski definition) is 6. The lowest BCUT2D eigenvalue weighted by atomic mass is 9.81. The Morgan fingerprint density at radius 3 is 2.32 bits per heavy atom. The summed E-state index contributed by atoms with van der Waals surface area (Å²) in [6.45, 7) is 4.26. The molecule has 2 N–H and O–H groups in total. The molecule has 4 aromatic rings. The van der Waals surface area contributed by atoms with Gasteiger partial charge in [0.25, 0.3) is 5.91 Å². The van der Waals surface area contributed by atoms with E-state index >= 15 is 0 Å². The number of nitrogens with one attached hydrogen (secondary N) is 1. The molecule has 1 amide bonds. The van der Waals surface area contributed by atoms with Crippen molar-refractivity contribution in [2.45, 2.75) is 44.4 Å². The van der Waals surface area contributed by atoms with Gasteiger partial charge in [-0.05, 0) is 65.9 Å². The summed E-state index contributed by atoms with van der Waals surface area (Å²) in [5, 5.41) is 16.0. The number of aliphatic imine (C=N–C) groups is 1. The molecule has 1 heterocycles. The highest BCUT2D eigenvalue weighted by Gasteiger charge is 2.53. The van der Waals surface area contributed by atoms with Gasteiger partial charge in [0.2, 0.25) is 5.90 Å². The number of benzene rings is 4. The molecule has 4 aromatic carbocycles. The molecule has 0 bridgehead atoms. The van der Waals surface area contributed by atoms with E-state index in [-0.39, 0.29) is 25.0 Å². The highest BCUT2D eigenvalue weighted by Crippen LogP contribution is 2.44. The van der Waals surface area contributed by atoms with Crippen molar-refractivity contribution in [3.05, 3.63) is 130 Å². The smallest absolute Gasteiger partial charge is 0.252 e. The van der Waals surface area contributed by atoms with E-state index in [0.29, 0.717) is 41.5 Å². The van der Waals surface area contributed by atoms with Crippen LogP contribution in [0.2, 0.25) is 0 Å². The van der Waals surface area contributed by atoms with Gasteiger partial charge < -0.3 is 19.9 Å². The minimum absolute atomic E-state index is 0.0553. The largest absolute Gasteiger partial charge is 0.494 e. The third kappa shape index (κ3) is 6.75. The van der Waals surface area contributed by atoms with E-state index in [2.05, 4.69) is 15.3 Å². The summed E-state index contributed by atoms with van der Waals surface area (Å²) in [5.74, 6) is 0.685. The zero-order valence-electron chi connectivity index (χ0n) is 24.8. The molecule has 224 valence electrons. The lowest BCUT2D eigenvalue weighted by Gasteiger charge is -2.32. The molecule has 0 saturated carbocycles. The Kier molecular flexibility index (Phi) is 9.59. The van der Waals surface area contributed by atoms with Crippen molar-refractivity contribution in [1.82, 2.24) is 5.32 Å². The monoisotopic (exact) mass is 589 g/mol. The standard InChI is InChI=1S/C35H35N5O4/c1-24(2)37-34(42)35(23-29-11-6-7-12-31(29)39-40-36)32(27-15-13-26(14-16-27)25-9-4-3-5-10-25)44-33(38-35)28-17-19-30(20-18-28)43-22-8-21-41/h3-7,9-20,24,32,41H,8,21-23H2,1-2H3,(H,37,42)/t32-,35-/m1/s1. The molecule has 9 heteroatoms. The van der Waals surface area contributed by atoms with Crippen molar-refractivity contribution in [3.8, 4) is 16.9 Å². The van der Waals surface area contributed by atoms with Gasteiger partial charge in [-0.3, -0.25) is 4.79 Å². The number of azide groups is 1. The topological polar surface area (TPSA) is 129 Å². The molecule has 0 spiro atoms. The molecular formula is C35H35N5O4. The molecule has 44 heavy (non-hydrogen) atoms. The van der Waals surface area contributed by atoms with Gasteiger partial charge in [0.15, 0.2) is 11.6 Å². The van der Waals surface area contributed by atoms with E-state index in [9.17, 15) is 10.3 Å². The predicted molar refractivity (Wildman–Crippen MR) is 171 cm³/mol. The Morgan fingerprint density at radius 2 is 1.64 bits per heavy atom. The molecule has 0 radical (unpaired) electrons. The van der Waals surface area contributed by atoms with Gasteiger partial charge in [-0.2, -0.15) is 0 Å². The maximum Gasteiger partial charge on any atom is 0.252 e. The molecule has 2 atom stereocenters. The molecule has 0 aromatic heterocycles. The van der Waals surface area contributed by atoms with Gasteiger partial charge in [-0.15, -0.1) is 0 Å². The van der Waals surface area contributed by atoms with Gasteiger partial charge in [0.1, 0.15) is 5.75 Å². The second-order valence-corrected chi connectivity index (χ2v) is 10.9. The van der Waals surface area contributed by atoms with Gasteiger partial charge in [-0.25, -0.2) is 4.99 Å². The second kappa shape index (κ2) is 13.9. The molecule has 0 unspecified atom stereocenters. The highest BCUT2D eigenvalue weighted by molar-refractivity contribution is 6.01. The first-order valence-corrected chi connectivity index (χ1v) is 14.6. The number of hydrogen-bond donors (Lipinski definition) is 2. The molecular weight excluding hydrogens is 554 g/mol. The first-order valence-electron chi connectivity index (χ1n) is 14.6.